The van der Waals surface area contributed by atoms with Crippen LogP contribution in [-0.4, -0.2) is 56.8 Å². The number of carbonyl (C=O) groups is 4. The number of hydrogen-bond acceptors (Lipinski definition) is 6. The van der Waals surface area contributed by atoms with Crippen LogP contribution in [0.5, 0.6) is 5.75 Å². The number of phosphoric acid groups is 1. The molecular weight excluding hydrogens is 537 g/mol. The van der Waals surface area contributed by atoms with Crippen molar-refractivity contribution >= 4 is 36.9 Å². The van der Waals surface area contributed by atoms with Gasteiger partial charge in [0.15, 0.2) is 5.78 Å². The smallest absolute Gasteiger partial charge is 0.404 e. The molecule has 0 radical (unpaired) electrons. The van der Waals surface area contributed by atoms with Crippen LogP contribution in [0.3, 0.4) is 0 Å². The Bertz CT molecular complexity index is 1190. The third kappa shape index (κ3) is 9.01. The minimum atomic E-state index is -4.67. The Hall–Kier alpha value is -3.01. The van der Waals surface area contributed by atoms with Gasteiger partial charge in [-0.1, -0.05) is 32.9 Å². The minimum absolute atomic E-state index is 0.00745. The first-order chi connectivity index (χ1) is 18.6. The van der Waals surface area contributed by atoms with E-state index < -0.39 is 31.7 Å². The highest BCUT2D eigenvalue weighted by atomic mass is 31.2. The van der Waals surface area contributed by atoms with Gasteiger partial charge in [0.25, 0.3) is 0 Å². The minimum Gasteiger partial charge on any atom is -0.404 e. The first-order valence-corrected chi connectivity index (χ1v) is 15.1. The molecule has 1 aromatic rings. The third-order valence-electron chi connectivity index (χ3n) is 7.40. The number of piperidine rings is 1. The number of fused-ring (bicyclic) bond motifs is 1. The number of benzene rings is 1. The first kappa shape index (κ1) is 31.5. The molecule has 1 heterocycles. The Labute approximate surface area is 234 Å². The highest BCUT2D eigenvalue weighted by Crippen LogP contribution is 2.50. The fourth-order valence-electron chi connectivity index (χ4n) is 5.36. The number of nitrogens with zero attached hydrogens (tertiary/aromatic N) is 1. The molecule has 40 heavy (non-hydrogen) atoms. The van der Waals surface area contributed by atoms with E-state index in [1.54, 1.807) is 24.0 Å². The van der Waals surface area contributed by atoms with E-state index >= 15 is 0 Å². The van der Waals surface area contributed by atoms with Crippen LogP contribution in [0.15, 0.2) is 30.3 Å². The summed E-state index contributed by atoms with van der Waals surface area (Å²) in [5, 5.41) is 2.83. The van der Waals surface area contributed by atoms with Crippen molar-refractivity contribution in [3.63, 3.8) is 0 Å². The highest BCUT2D eigenvalue weighted by molar-refractivity contribution is 7.46. The number of ketones is 1. The van der Waals surface area contributed by atoms with Crippen molar-refractivity contribution in [1.82, 2.24) is 10.2 Å². The Morgan fingerprint density at radius 1 is 1.18 bits per heavy atom. The lowest BCUT2D eigenvalue weighted by molar-refractivity contribution is -0.142. The molecule has 3 amide bonds. The Kier molecular flexibility index (Phi) is 10.3. The van der Waals surface area contributed by atoms with Gasteiger partial charge in [-0.25, -0.2) is 4.57 Å². The number of allylic oxidation sites excluding steroid dienone is 1. The number of Topliss-reactive ketones (excluding diaryl/α,β-unsaturated/α-hetero) is 1. The summed E-state index contributed by atoms with van der Waals surface area (Å²) in [5.41, 5.74) is 6.45. The van der Waals surface area contributed by atoms with Gasteiger partial charge in [-0.05, 0) is 73.1 Å². The third-order valence-corrected chi connectivity index (χ3v) is 7.85. The number of carbonyl (C=O) groups excluding carboxylic acids is 4. The van der Waals surface area contributed by atoms with E-state index in [0.29, 0.717) is 36.4 Å². The van der Waals surface area contributed by atoms with E-state index in [0.717, 1.165) is 6.42 Å². The van der Waals surface area contributed by atoms with Crippen LogP contribution < -0.4 is 15.6 Å². The second kappa shape index (κ2) is 13.1. The molecule has 0 unspecified atom stereocenters. The van der Waals surface area contributed by atoms with E-state index in [1.165, 1.54) is 18.2 Å². The van der Waals surface area contributed by atoms with Crippen molar-refractivity contribution in [3.8, 4) is 5.75 Å². The number of nitrogens with two attached hydrogens (primary N) is 1. The van der Waals surface area contributed by atoms with Gasteiger partial charge in [0.05, 0.1) is 6.04 Å². The number of likely N-dealkylation sites (tertiary alicyclic amines) is 1. The quantitative estimate of drug-likeness (QED) is 0.193. The number of hydrogen-bond donors (Lipinski definition) is 4. The van der Waals surface area contributed by atoms with Crippen LogP contribution in [-0.2, 0) is 23.7 Å². The molecule has 5 N–H and O–H groups in total. The normalized spacial score (nSPS) is 21.9. The van der Waals surface area contributed by atoms with Gasteiger partial charge in [0.1, 0.15) is 11.8 Å². The summed E-state index contributed by atoms with van der Waals surface area (Å²) in [6.07, 6.45) is 3.70. The molecule has 2 aliphatic rings. The lowest BCUT2D eigenvalue weighted by atomic mass is 9.93. The molecule has 1 aliphatic heterocycles. The molecule has 1 saturated heterocycles. The molecular formula is C28H40N3O8P. The van der Waals surface area contributed by atoms with Crippen LogP contribution in [0, 0.1) is 23.7 Å². The zero-order chi connectivity index (χ0) is 29.8. The van der Waals surface area contributed by atoms with Gasteiger partial charge >= 0.3 is 7.82 Å². The molecule has 2 fully saturated rings. The lowest BCUT2D eigenvalue weighted by Crippen LogP contribution is -2.53. The Morgan fingerprint density at radius 2 is 1.82 bits per heavy atom. The van der Waals surface area contributed by atoms with E-state index in [9.17, 15) is 23.7 Å². The molecule has 0 bridgehead atoms. The average molecular weight is 578 g/mol. The molecule has 1 aliphatic carbocycles. The van der Waals surface area contributed by atoms with Crippen molar-refractivity contribution in [3.05, 3.63) is 35.9 Å². The van der Waals surface area contributed by atoms with Gasteiger partial charge in [-0.15, -0.1) is 0 Å². The molecule has 5 atom stereocenters. The van der Waals surface area contributed by atoms with Gasteiger partial charge in [0.2, 0.25) is 17.7 Å². The molecule has 1 aromatic carbocycles. The standard InChI is InChI=1S/C28H40N3O8P/c1-16(2)11-23(30-26(34)13-18(4)19-6-8-21(9-7-19)39-40(36,37)38)28(35)31-15-20-14-22(20)27(31)24(32)12-17(3)5-10-25(29)33/h6-9,13,16-17,20,22-23,27H,5,10-12,14-15H2,1-4H3,(H2,29,33)(H,30,34)(H2,36,37,38)/b18-13+/t17-,20-,22-,23+,27+/m1/s1. The van der Waals surface area contributed by atoms with Crippen LogP contribution in [0.25, 0.3) is 5.57 Å². The highest BCUT2D eigenvalue weighted by Gasteiger charge is 2.57. The number of primary amides is 1. The average Bonchev–Trinajstić information content (AvgIpc) is 3.49. The van der Waals surface area contributed by atoms with Gasteiger partial charge < -0.3 is 20.5 Å². The fraction of sp³-hybridized carbons (Fsp3) is 0.571. The summed E-state index contributed by atoms with van der Waals surface area (Å²) >= 11 is 0. The predicted octanol–water partition coefficient (Wildman–Crippen LogP) is 2.80. The molecule has 1 saturated carbocycles. The fourth-order valence-corrected chi connectivity index (χ4v) is 5.76. The van der Waals surface area contributed by atoms with Crippen LogP contribution in [0.4, 0.5) is 0 Å². The number of rotatable bonds is 14. The van der Waals surface area contributed by atoms with Crippen molar-refractivity contribution < 1.29 is 38.1 Å². The lowest BCUT2D eigenvalue weighted by Gasteiger charge is -2.31. The summed E-state index contributed by atoms with van der Waals surface area (Å²) in [4.78, 5) is 70.6. The molecule has 0 spiro atoms. The topological polar surface area (TPSA) is 176 Å². The van der Waals surface area contributed by atoms with Crippen molar-refractivity contribution in [2.24, 2.45) is 29.4 Å². The summed E-state index contributed by atoms with van der Waals surface area (Å²) < 4.78 is 15.6. The van der Waals surface area contributed by atoms with Crippen molar-refractivity contribution in [2.45, 2.75) is 71.9 Å². The zero-order valence-corrected chi connectivity index (χ0v) is 24.3. The second-order valence-corrected chi connectivity index (χ2v) is 12.7. The Morgan fingerprint density at radius 3 is 2.40 bits per heavy atom. The maximum Gasteiger partial charge on any atom is 0.524 e. The maximum absolute atomic E-state index is 13.7. The largest absolute Gasteiger partial charge is 0.524 e. The van der Waals surface area contributed by atoms with E-state index in [1.807, 2.05) is 20.8 Å². The number of phosphoric ester groups is 1. The van der Waals surface area contributed by atoms with Gasteiger partial charge in [-0.2, -0.15) is 0 Å². The van der Waals surface area contributed by atoms with Crippen LogP contribution >= 0.6 is 7.82 Å². The van der Waals surface area contributed by atoms with Crippen molar-refractivity contribution in [1.29, 1.82) is 0 Å². The van der Waals surface area contributed by atoms with Crippen LogP contribution in [0.2, 0.25) is 0 Å². The zero-order valence-electron chi connectivity index (χ0n) is 23.4. The molecule has 220 valence electrons. The van der Waals surface area contributed by atoms with E-state index in [4.69, 9.17) is 15.5 Å². The van der Waals surface area contributed by atoms with Crippen LogP contribution in [0.1, 0.15) is 65.4 Å². The Balaban J connectivity index is 1.68. The summed E-state index contributed by atoms with van der Waals surface area (Å²) in [5.74, 6) is -0.599. The second-order valence-electron chi connectivity index (χ2n) is 11.5. The summed E-state index contributed by atoms with van der Waals surface area (Å²) in [7, 11) is -4.67. The number of amides is 3. The summed E-state index contributed by atoms with van der Waals surface area (Å²) in [6.45, 7) is 8.03. The maximum atomic E-state index is 13.7. The monoisotopic (exact) mass is 577 g/mol. The SMILES string of the molecule is C/C(=C\C(=O)N[C@@H](CC(C)C)C(=O)N1C[C@H]2C[C@H]2[C@H]1C(=O)C[C@H](C)CCC(N)=O)c1ccc(OP(=O)(O)O)cc1. The molecule has 11 nitrogen and oxygen atoms in total. The predicted molar refractivity (Wildman–Crippen MR) is 148 cm³/mol. The summed E-state index contributed by atoms with van der Waals surface area (Å²) in [6, 6.07) is 4.61. The van der Waals surface area contributed by atoms with Crippen molar-refractivity contribution in [2.75, 3.05) is 6.54 Å². The molecule has 0 aromatic heterocycles. The number of nitrogens with one attached hydrogen (secondary N) is 1. The van der Waals surface area contributed by atoms with Gasteiger partial charge in [-0.3, -0.25) is 29.0 Å². The molecule has 3 rings (SSSR count). The van der Waals surface area contributed by atoms with Gasteiger partial charge in [0, 0.05) is 25.5 Å². The van der Waals surface area contributed by atoms with E-state index in [-0.39, 0.29) is 48.0 Å². The molecule has 12 heteroatoms. The van der Waals surface area contributed by atoms with E-state index in [2.05, 4.69) is 9.84 Å². The first-order valence-electron chi connectivity index (χ1n) is 13.6.